The van der Waals surface area contributed by atoms with Crippen molar-refractivity contribution in [3.8, 4) is 17.9 Å². The van der Waals surface area contributed by atoms with Crippen LogP contribution >= 0.6 is 0 Å². The number of nitrogens with one attached hydrogen (secondary N) is 1. The number of benzene rings is 2. The fourth-order valence-corrected chi connectivity index (χ4v) is 4.46. The second-order valence-corrected chi connectivity index (χ2v) is 8.86. The number of carbonyl (C=O) groups is 1. The average molecular weight is 415 g/mol. The van der Waals surface area contributed by atoms with E-state index in [9.17, 15) is 15.3 Å². The van der Waals surface area contributed by atoms with E-state index in [1.54, 1.807) is 6.07 Å². The maximum atomic E-state index is 12.8. The molecule has 31 heavy (non-hydrogen) atoms. The van der Waals surface area contributed by atoms with Crippen molar-refractivity contribution in [2.24, 2.45) is 0 Å². The Balaban J connectivity index is 1.32. The lowest BCUT2D eigenvalue weighted by Gasteiger charge is -2.38. The molecule has 6 heteroatoms. The summed E-state index contributed by atoms with van der Waals surface area (Å²) in [6.45, 7) is 6.76. The Hall–Kier alpha value is -3.35. The zero-order valence-electron chi connectivity index (χ0n) is 17.9. The summed E-state index contributed by atoms with van der Waals surface area (Å²) in [5.41, 5.74) is 2.33. The van der Waals surface area contributed by atoms with Crippen LogP contribution in [-0.4, -0.2) is 37.0 Å². The number of piperidine rings is 1. The molecule has 1 fully saturated rings. The quantitative estimate of drug-likeness (QED) is 0.805. The van der Waals surface area contributed by atoms with Crippen LogP contribution in [0.5, 0.6) is 5.75 Å². The highest BCUT2D eigenvalue weighted by Gasteiger charge is 2.48. The molecule has 0 radical (unpaired) electrons. The third-order valence-corrected chi connectivity index (χ3v) is 6.59. The summed E-state index contributed by atoms with van der Waals surface area (Å²) in [7, 11) is 0. The Morgan fingerprint density at radius 3 is 2.48 bits per heavy atom. The van der Waals surface area contributed by atoms with Gasteiger partial charge in [0.2, 0.25) is 5.91 Å². The van der Waals surface area contributed by atoms with Gasteiger partial charge in [0.1, 0.15) is 12.4 Å². The Morgan fingerprint density at radius 2 is 1.84 bits per heavy atom. The number of hydrogen-bond acceptors (Lipinski definition) is 5. The van der Waals surface area contributed by atoms with Crippen LogP contribution in [-0.2, 0) is 15.6 Å². The van der Waals surface area contributed by atoms with Crippen molar-refractivity contribution >= 4 is 11.6 Å². The molecule has 1 spiro atoms. The number of hydrogen-bond donors (Lipinski definition) is 1. The lowest BCUT2D eigenvalue weighted by molar-refractivity contribution is -0.122. The van der Waals surface area contributed by atoms with E-state index in [4.69, 9.17) is 4.74 Å². The van der Waals surface area contributed by atoms with Gasteiger partial charge >= 0.3 is 0 Å². The molecule has 0 saturated carbocycles. The van der Waals surface area contributed by atoms with Crippen LogP contribution in [0.2, 0.25) is 0 Å². The van der Waals surface area contributed by atoms with Crippen LogP contribution in [0.3, 0.4) is 0 Å². The Kier molecular flexibility index (Phi) is 5.43. The molecular weight excluding hydrogens is 388 g/mol. The molecule has 0 aliphatic carbocycles. The van der Waals surface area contributed by atoms with Gasteiger partial charge in [-0.05, 0) is 81.2 Å². The minimum Gasteiger partial charge on any atom is -0.492 e. The molecular formula is C25H26N4O2. The number of rotatable bonds is 5. The Bertz CT molecular complexity index is 1070. The topological polar surface area (TPSA) is 89.2 Å². The van der Waals surface area contributed by atoms with E-state index >= 15 is 0 Å². The fraction of sp³-hybridized carbons (Fsp3) is 0.400. The van der Waals surface area contributed by atoms with Gasteiger partial charge < -0.3 is 10.1 Å². The lowest BCUT2D eigenvalue weighted by Crippen LogP contribution is -2.47. The van der Waals surface area contributed by atoms with Gasteiger partial charge in [-0.15, -0.1) is 0 Å². The van der Waals surface area contributed by atoms with E-state index in [1.165, 1.54) is 0 Å². The van der Waals surface area contributed by atoms with Gasteiger partial charge in [0.15, 0.2) is 0 Å². The second-order valence-electron chi connectivity index (χ2n) is 8.86. The van der Waals surface area contributed by atoms with Crippen molar-refractivity contribution in [3.63, 3.8) is 0 Å². The summed E-state index contributed by atoms with van der Waals surface area (Å²) >= 11 is 0. The number of likely N-dealkylation sites (tertiary alicyclic amines) is 1. The first-order valence-electron chi connectivity index (χ1n) is 10.6. The van der Waals surface area contributed by atoms with Crippen molar-refractivity contribution < 1.29 is 9.53 Å². The Morgan fingerprint density at radius 1 is 1.13 bits per heavy atom. The molecule has 2 aromatic carbocycles. The van der Waals surface area contributed by atoms with Crippen LogP contribution in [0, 0.1) is 22.7 Å². The molecule has 2 aromatic rings. The van der Waals surface area contributed by atoms with Crippen molar-refractivity contribution in [3.05, 3.63) is 59.2 Å². The summed E-state index contributed by atoms with van der Waals surface area (Å²) < 4.78 is 5.89. The van der Waals surface area contributed by atoms with Crippen LogP contribution in [0.1, 0.15) is 43.4 Å². The van der Waals surface area contributed by atoms with Gasteiger partial charge in [0.05, 0.1) is 28.5 Å². The van der Waals surface area contributed by atoms with E-state index in [0.29, 0.717) is 12.2 Å². The molecule has 1 amide bonds. The zero-order chi connectivity index (χ0) is 22.1. The highest BCUT2D eigenvalue weighted by atomic mass is 16.5. The summed E-state index contributed by atoms with van der Waals surface area (Å²) in [5, 5.41) is 21.5. The summed E-state index contributed by atoms with van der Waals surface area (Å²) in [4.78, 5) is 15.1. The summed E-state index contributed by atoms with van der Waals surface area (Å²) in [6, 6.07) is 17.6. The summed E-state index contributed by atoms with van der Waals surface area (Å²) in [5.74, 6) is 0.841. The molecule has 1 saturated heterocycles. The number of nitrogens with zero attached hydrogens (tertiary/aromatic N) is 3. The van der Waals surface area contributed by atoms with Crippen LogP contribution in [0.25, 0.3) is 0 Å². The van der Waals surface area contributed by atoms with E-state index in [0.717, 1.165) is 55.0 Å². The lowest BCUT2D eigenvalue weighted by atomic mass is 9.73. The van der Waals surface area contributed by atoms with Crippen molar-refractivity contribution in [1.82, 2.24) is 4.90 Å². The molecule has 2 aliphatic heterocycles. The van der Waals surface area contributed by atoms with Crippen LogP contribution in [0.15, 0.2) is 42.5 Å². The predicted molar refractivity (Wildman–Crippen MR) is 118 cm³/mol. The predicted octanol–water partition coefficient (Wildman–Crippen LogP) is 3.72. The molecule has 158 valence electrons. The number of ether oxygens (including phenoxy) is 1. The maximum Gasteiger partial charge on any atom is 0.235 e. The maximum absolute atomic E-state index is 12.8. The van der Waals surface area contributed by atoms with E-state index in [1.807, 2.05) is 50.2 Å². The number of fused-ring (bicyclic) bond motifs is 2. The molecule has 0 aromatic heterocycles. The van der Waals surface area contributed by atoms with E-state index in [2.05, 4.69) is 22.4 Å². The normalized spacial score (nSPS) is 17.5. The van der Waals surface area contributed by atoms with Crippen LogP contribution in [0.4, 0.5) is 5.69 Å². The molecule has 6 nitrogen and oxygen atoms in total. The van der Waals surface area contributed by atoms with Gasteiger partial charge in [0.25, 0.3) is 0 Å². The average Bonchev–Trinajstić information content (AvgIpc) is 3.06. The van der Waals surface area contributed by atoms with Gasteiger partial charge in [-0.2, -0.15) is 10.5 Å². The SMILES string of the molecule is CC(C)(C#N)c1ccc(OCCN2CCC3(CC2)C(=O)Nc2ccc(C#N)cc23)cc1. The van der Waals surface area contributed by atoms with Gasteiger partial charge in [-0.1, -0.05) is 12.1 Å². The molecule has 2 heterocycles. The van der Waals surface area contributed by atoms with E-state index < -0.39 is 10.8 Å². The molecule has 0 atom stereocenters. The smallest absolute Gasteiger partial charge is 0.235 e. The molecule has 2 aliphatic rings. The summed E-state index contributed by atoms with van der Waals surface area (Å²) in [6.07, 6.45) is 1.47. The first-order chi connectivity index (χ1) is 14.9. The van der Waals surface area contributed by atoms with Gasteiger partial charge in [-0.25, -0.2) is 0 Å². The second kappa shape index (κ2) is 8.06. The zero-order valence-corrected chi connectivity index (χ0v) is 17.9. The van der Waals surface area contributed by atoms with Crippen molar-refractivity contribution in [2.45, 2.75) is 37.5 Å². The standard InChI is InChI=1S/C25H26N4O2/c1-24(2,17-27)19-4-6-20(7-5-19)31-14-13-29-11-9-25(10-12-29)21-15-18(16-26)3-8-22(21)28-23(25)30/h3-8,15H,9-14H2,1-2H3,(H,28,30). The highest BCUT2D eigenvalue weighted by molar-refractivity contribution is 6.06. The van der Waals surface area contributed by atoms with Gasteiger partial charge in [0, 0.05) is 12.2 Å². The van der Waals surface area contributed by atoms with Crippen molar-refractivity contribution in [1.29, 1.82) is 10.5 Å². The third kappa shape index (κ3) is 3.87. The van der Waals surface area contributed by atoms with Crippen LogP contribution < -0.4 is 10.1 Å². The van der Waals surface area contributed by atoms with Crippen molar-refractivity contribution in [2.75, 3.05) is 31.6 Å². The van der Waals surface area contributed by atoms with E-state index in [-0.39, 0.29) is 5.91 Å². The molecule has 0 bridgehead atoms. The van der Waals surface area contributed by atoms with Gasteiger partial charge in [-0.3, -0.25) is 9.69 Å². The first-order valence-corrected chi connectivity index (χ1v) is 10.6. The highest BCUT2D eigenvalue weighted by Crippen LogP contribution is 2.45. The monoisotopic (exact) mass is 414 g/mol. The number of nitriles is 2. The number of anilines is 1. The minimum absolute atomic E-state index is 0.0499. The number of amides is 1. The molecule has 1 N–H and O–H groups in total. The fourth-order valence-electron chi connectivity index (χ4n) is 4.46. The molecule has 4 rings (SSSR count). The molecule has 0 unspecified atom stereocenters. The third-order valence-electron chi connectivity index (χ3n) is 6.59. The largest absolute Gasteiger partial charge is 0.492 e. The Labute approximate surface area is 183 Å². The number of carbonyl (C=O) groups excluding carboxylic acids is 1. The first kappa shape index (κ1) is 20.9. The minimum atomic E-state index is -0.525.